The largest absolute Gasteiger partial charge is 0.398 e. The summed E-state index contributed by atoms with van der Waals surface area (Å²) >= 11 is 0. The van der Waals surface area contributed by atoms with Crippen molar-refractivity contribution in [3.05, 3.63) is 29.8 Å². The molecule has 78 valence electrons. The van der Waals surface area contributed by atoms with Gasteiger partial charge in [-0.3, -0.25) is 4.90 Å². The number of rotatable bonds is 5. The summed E-state index contributed by atoms with van der Waals surface area (Å²) < 4.78 is 12.2. The van der Waals surface area contributed by atoms with Crippen molar-refractivity contribution in [1.29, 1.82) is 0 Å². The van der Waals surface area contributed by atoms with E-state index in [4.69, 9.17) is 5.73 Å². The highest BCUT2D eigenvalue weighted by atomic mass is 19.1. The summed E-state index contributed by atoms with van der Waals surface area (Å²) in [6.45, 7) is 3.77. The van der Waals surface area contributed by atoms with Crippen molar-refractivity contribution in [2.45, 2.75) is 13.5 Å². The molecule has 1 rings (SSSR count). The van der Waals surface area contributed by atoms with Crippen molar-refractivity contribution in [2.24, 2.45) is 0 Å². The third-order valence-corrected chi connectivity index (χ3v) is 2.30. The second-order valence-corrected chi connectivity index (χ2v) is 3.26. The summed E-state index contributed by atoms with van der Waals surface area (Å²) in [6.07, 6.45) is 0. The molecule has 0 aliphatic rings. The molecule has 2 N–H and O–H groups in total. The molecule has 3 heteroatoms. The van der Waals surface area contributed by atoms with Crippen molar-refractivity contribution in [2.75, 3.05) is 25.5 Å². The quantitative estimate of drug-likeness (QED) is 0.730. The second-order valence-electron chi connectivity index (χ2n) is 3.26. The van der Waals surface area contributed by atoms with Gasteiger partial charge in [-0.05, 0) is 18.2 Å². The Bertz CT molecular complexity index is 276. The first-order chi connectivity index (χ1) is 6.77. The van der Waals surface area contributed by atoms with E-state index in [1.165, 1.54) is 0 Å². The van der Waals surface area contributed by atoms with Gasteiger partial charge in [0.2, 0.25) is 0 Å². The van der Waals surface area contributed by atoms with Crippen molar-refractivity contribution in [3.63, 3.8) is 0 Å². The zero-order valence-corrected chi connectivity index (χ0v) is 8.54. The molecule has 1 aromatic rings. The maximum atomic E-state index is 12.2. The molecule has 0 amide bonds. The molecule has 0 fully saturated rings. The van der Waals surface area contributed by atoms with Crippen LogP contribution in [0.2, 0.25) is 0 Å². The second kappa shape index (κ2) is 5.60. The molecular weight excluding hydrogens is 179 g/mol. The van der Waals surface area contributed by atoms with Crippen molar-refractivity contribution in [1.82, 2.24) is 4.90 Å². The van der Waals surface area contributed by atoms with E-state index in [2.05, 4.69) is 0 Å². The van der Waals surface area contributed by atoms with Gasteiger partial charge < -0.3 is 5.73 Å². The number of hydrogen-bond acceptors (Lipinski definition) is 2. The first-order valence-electron chi connectivity index (χ1n) is 4.89. The van der Waals surface area contributed by atoms with Gasteiger partial charge >= 0.3 is 0 Å². The number of anilines is 1. The first-order valence-corrected chi connectivity index (χ1v) is 4.89. The van der Waals surface area contributed by atoms with Gasteiger partial charge in [0.25, 0.3) is 0 Å². The smallest absolute Gasteiger partial charge is 0.102 e. The Balaban J connectivity index is 2.62. The van der Waals surface area contributed by atoms with Gasteiger partial charge in [-0.15, -0.1) is 0 Å². The van der Waals surface area contributed by atoms with E-state index in [0.717, 1.165) is 24.3 Å². The number of halogens is 1. The molecule has 0 heterocycles. The molecule has 0 aliphatic carbocycles. The average molecular weight is 196 g/mol. The highest BCUT2D eigenvalue weighted by Crippen LogP contribution is 2.12. The number of nitrogens with two attached hydrogens (primary N) is 1. The summed E-state index contributed by atoms with van der Waals surface area (Å²) in [4.78, 5) is 2.03. The molecule has 0 aromatic heterocycles. The predicted molar refractivity (Wildman–Crippen MR) is 57.8 cm³/mol. The Morgan fingerprint density at radius 1 is 1.36 bits per heavy atom. The van der Waals surface area contributed by atoms with E-state index >= 15 is 0 Å². The lowest BCUT2D eigenvalue weighted by atomic mass is 10.1. The van der Waals surface area contributed by atoms with Crippen LogP contribution in [0.25, 0.3) is 0 Å². The molecule has 0 spiro atoms. The van der Waals surface area contributed by atoms with Crippen LogP contribution in [-0.4, -0.2) is 24.7 Å². The topological polar surface area (TPSA) is 29.3 Å². The first kappa shape index (κ1) is 11.0. The van der Waals surface area contributed by atoms with Crippen LogP contribution in [0.4, 0.5) is 10.1 Å². The zero-order valence-electron chi connectivity index (χ0n) is 8.54. The van der Waals surface area contributed by atoms with Crippen LogP contribution in [0.5, 0.6) is 0 Å². The minimum absolute atomic E-state index is 0.305. The number of nitrogen functional groups attached to an aromatic ring is 1. The van der Waals surface area contributed by atoms with E-state index in [-0.39, 0.29) is 6.67 Å². The van der Waals surface area contributed by atoms with Gasteiger partial charge in [-0.25, -0.2) is 4.39 Å². The Morgan fingerprint density at radius 3 is 2.64 bits per heavy atom. The highest BCUT2D eigenvalue weighted by molar-refractivity contribution is 5.46. The number of hydrogen-bond donors (Lipinski definition) is 1. The molecule has 2 nitrogen and oxygen atoms in total. The fraction of sp³-hybridized carbons (Fsp3) is 0.455. The van der Waals surface area contributed by atoms with Crippen LogP contribution in [-0.2, 0) is 6.54 Å². The lowest BCUT2D eigenvalue weighted by Gasteiger charge is -2.19. The van der Waals surface area contributed by atoms with Crippen molar-refractivity contribution < 1.29 is 4.39 Å². The Morgan fingerprint density at radius 2 is 2.07 bits per heavy atom. The Kier molecular flexibility index (Phi) is 4.40. The maximum Gasteiger partial charge on any atom is 0.102 e. The highest BCUT2D eigenvalue weighted by Gasteiger charge is 2.04. The maximum absolute atomic E-state index is 12.2. The minimum atomic E-state index is -0.305. The number of benzene rings is 1. The van der Waals surface area contributed by atoms with Crippen LogP contribution in [0, 0.1) is 0 Å². The average Bonchev–Trinajstić information content (AvgIpc) is 2.20. The molecule has 0 unspecified atom stereocenters. The van der Waals surface area contributed by atoms with E-state index in [1.807, 2.05) is 36.1 Å². The van der Waals surface area contributed by atoms with Gasteiger partial charge in [0.15, 0.2) is 0 Å². The lowest BCUT2D eigenvalue weighted by molar-refractivity contribution is 0.252. The predicted octanol–water partition coefficient (Wildman–Crippen LogP) is 2.06. The van der Waals surface area contributed by atoms with Crippen molar-refractivity contribution >= 4 is 5.69 Å². The number of nitrogens with zero attached hydrogens (tertiary/aromatic N) is 1. The molecule has 0 saturated carbocycles. The SMILES string of the molecule is CCN(CCF)Cc1ccccc1N. The van der Waals surface area contributed by atoms with E-state index in [9.17, 15) is 4.39 Å². The summed E-state index contributed by atoms with van der Waals surface area (Å²) in [6, 6.07) is 7.72. The van der Waals surface area contributed by atoms with E-state index < -0.39 is 0 Å². The zero-order chi connectivity index (χ0) is 10.4. The normalized spacial score (nSPS) is 10.8. The summed E-state index contributed by atoms with van der Waals surface area (Å²) in [5.41, 5.74) is 7.65. The van der Waals surface area contributed by atoms with Gasteiger partial charge in [0.1, 0.15) is 6.67 Å². The molecule has 14 heavy (non-hydrogen) atoms. The van der Waals surface area contributed by atoms with E-state index in [0.29, 0.717) is 6.54 Å². The minimum Gasteiger partial charge on any atom is -0.398 e. The van der Waals surface area contributed by atoms with E-state index in [1.54, 1.807) is 0 Å². The molecular formula is C11H17FN2. The fourth-order valence-corrected chi connectivity index (χ4v) is 1.39. The standard InChI is InChI=1S/C11H17FN2/c1-2-14(8-7-12)9-10-5-3-4-6-11(10)13/h3-6H,2,7-9,13H2,1H3. The molecule has 0 atom stereocenters. The summed E-state index contributed by atoms with van der Waals surface area (Å²) in [7, 11) is 0. The van der Waals surface area contributed by atoms with Gasteiger partial charge in [0, 0.05) is 18.8 Å². The molecule has 0 saturated heterocycles. The van der Waals surface area contributed by atoms with Crippen molar-refractivity contribution in [3.8, 4) is 0 Å². The summed E-state index contributed by atoms with van der Waals surface area (Å²) in [5, 5.41) is 0. The third-order valence-electron chi connectivity index (χ3n) is 2.30. The van der Waals surface area contributed by atoms with Crippen LogP contribution in [0.3, 0.4) is 0 Å². The fourth-order valence-electron chi connectivity index (χ4n) is 1.39. The molecule has 0 bridgehead atoms. The number of alkyl halides is 1. The van der Waals surface area contributed by atoms with Gasteiger partial charge in [-0.1, -0.05) is 25.1 Å². The number of para-hydroxylation sites is 1. The molecule has 0 radical (unpaired) electrons. The summed E-state index contributed by atoms with van der Waals surface area (Å²) in [5.74, 6) is 0. The molecule has 1 aromatic carbocycles. The Hall–Kier alpha value is -1.09. The van der Waals surface area contributed by atoms with Crippen LogP contribution in [0.15, 0.2) is 24.3 Å². The van der Waals surface area contributed by atoms with Crippen LogP contribution < -0.4 is 5.73 Å². The van der Waals surface area contributed by atoms with Crippen LogP contribution in [0.1, 0.15) is 12.5 Å². The third kappa shape index (κ3) is 3.00. The Labute approximate surface area is 84.5 Å². The molecule has 0 aliphatic heterocycles. The van der Waals surface area contributed by atoms with Gasteiger partial charge in [-0.2, -0.15) is 0 Å². The van der Waals surface area contributed by atoms with Crippen LogP contribution >= 0.6 is 0 Å². The van der Waals surface area contributed by atoms with Gasteiger partial charge in [0.05, 0.1) is 0 Å². The monoisotopic (exact) mass is 196 g/mol. The lowest BCUT2D eigenvalue weighted by Crippen LogP contribution is -2.25.